The number of aryl methyl sites for hydroxylation is 1. The van der Waals surface area contributed by atoms with E-state index in [1.807, 2.05) is 12.1 Å². The maximum Gasteiger partial charge on any atom is 0.167 e. The van der Waals surface area contributed by atoms with E-state index < -0.39 is 11.6 Å². The van der Waals surface area contributed by atoms with Gasteiger partial charge in [0, 0.05) is 24.2 Å². The molecule has 1 aliphatic heterocycles. The van der Waals surface area contributed by atoms with Crippen LogP contribution in [0.2, 0.25) is 0 Å². The van der Waals surface area contributed by atoms with Crippen molar-refractivity contribution in [3.05, 3.63) is 64.7 Å². The van der Waals surface area contributed by atoms with Crippen molar-refractivity contribution in [1.82, 2.24) is 0 Å². The molecule has 0 aromatic heterocycles. The Balaban J connectivity index is 1.80. The van der Waals surface area contributed by atoms with Crippen molar-refractivity contribution < 1.29 is 13.6 Å². The predicted molar refractivity (Wildman–Crippen MR) is 77.6 cm³/mol. The third-order valence-electron chi connectivity index (χ3n) is 3.71. The van der Waals surface area contributed by atoms with Crippen LogP contribution in [0.3, 0.4) is 0 Å². The van der Waals surface area contributed by atoms with E-state index in [2.05, 4.69) is 5.32 Å². The molecular weight excluding hydrogens is 272 g/mol. The number of hydrogen-bond acceptors (Lipinski definition) is 2. The van der Waals surface area contributed by atoms with Crippen LogP contribution in [0.1, 0.15) is 27.9 Å². The highest BCUT2D eigenvalue weighted by Gasteiger charge is 2.13. The lowest BCUT2D eigenvalue weighted by molar-refractivity contribution is 0.0993. The van der Waals surface area contributed by atoms with E-state index in [1.165, 1.54) is 6.07 Å². The molecule has 1 heterocycles. The average Bonchev–Trinajstić information content (AvgIpc) is 2.50. The van der Waals surface area contributed by atoms with Crippen LogP contribution in [0.25, 0.3) is 0 Å². The summed E-state index contributed by atoms with van der Waals surface area (Å²) in [4.78, 5) is 12.3. The molecule has 3 rings (SSSR count). The molecule has 2 aromatic carbocycles. The van der Waals surface area contributed by atoms with Crippen LogP contribution in [0.5, 0.6) is 0 Å². The molecular formula is C17H15F2NO. The molecule has 2 nitrogen and oxygen atoms in total. The fourth-order valence-electron chi connectivity index (χ4n) is 2.59. The molecule has 0 fully saturated rings. The summed E-state index contributed by atoms with van der Waals surface area (Å²) < 4.78 is 26.0. The highest BCUT2D eigenvalue weighted by atomic mass is 19.2. The van der Waals surface area contributed by atoms with Crippen LogP contribution in [0.15, 0.2) is 36.4 Å². The molecule has 0 bridgehead atoms. The lowest BCUT2D eigenvalue weighted by Gasteiger charge is -2.18. The van der Waals surface area contributed by atoms with E-state index in [9.17, 15) is 13.6 Å². The Morgan fingerprint density at radius 3 is 2.76 bits per heavy atom. The molecule has 0 amide bonds. The van der Waals surface area contributed by atoms with Crippen molar-refractivity contribution >= 4 is 11.5 Å². The maximum atomic E-state index is 13.2. The van der Waals surface area contributed by atoms with E-state index >= 15 is 0 Å². The molecule has 0 atom stereocenters. The van der Waals surface area contributed by atoms with E-state index in [1.54, 1.807) is 6.07 Å². The molecule has 0 unspecified atom stereocenters. The Kier molecular flexibility index (Phi) is 3.69. The Morgan fingerprint density at radius 1 is 1.10 bits per heavy atom. The number of halogens is 2. The van der Waals surface area contributed by atoms with Crippen molar-refractivity contribution in [1.29, 1.82) is 0 Å². The van der Waals surface area contributed by atoms with Crippen molar-refractivity contribution in [2.75, 3.05) is 11.9 Å². The van der Waals surface area contributed by atoms with Gasteiger partial charge in [-0.05, 0) is 54.3 Å². The Morgan fingerprint density at radius 2 is 1.95 bits per heavy atom. The van der Waals surface area contributed by atoms with E-state index in [0.29, 0.717) is 11.1 Å². The number of Topliss-reactive ketones (excluding diaryl/α,β-unsaturated/α-hetero) is 1. The first-order chi connectivity index (χ1) is 10.1. The number of anilines is 1. The van der Waals surface area contributed by atoms with Gasteiger partial charge in [0.2, 0.25) is 0 Å². The van der Waals surface area contributed by atoms with Crippen LogP contribution in [0.4, 0.5) is 14.5 Å². The molecule has 0 spiro atoms. The van der Waals surface area contributed by atoms with Gasteiger partial charge in [0.1, 0.15) is 0 Å². The number of carbonyl (C=O) groups excluding carboxylic acids is 1. The molecule has 108 valence electrons. The summed E-state index contributed by atoms with van der Waals surface area (Å²) in [6.45, 7) is 0.954. The number of fused-ring (bicyclic) bond motifs is 1. The summed E-state index contributed by atoms with van der Waals surface area (Å²) in [5.74, 6) is -1.91. The van der Waals surface area contributed by atoms with E-state index in [-0.39, 0.29) is 12.2 Å². The fraction of sp³-hybridized carbons (Fsp3) is 0.235. The number of nitrogens with one attached hydrogen (secondary N) is 1. The minimum absolute atomic E-state index is 0.0728. The quantitative estimate of drug-likeness (QED) is 0.871. The van der Waals surface area contributed by atoms with Gasteiger partial charge in [-0.3, -0.25) is 4.79 Å². The minimum atomic E-state index is -0.921. The first kappa shape index (κ1) is 13.7. The van der Waals surface area contributed by atoms with Gasteiger partial charge in [0.05, 0.1) is 0 Å². The Labute approximate surface area is 121 Å². The molecule has 21 heavy (non-hydrogen) atoms. The number of hydrogen-bond donors (Lipinski definition) is 1. The maximum absolute atomic E-state index is 13.2. The van der Waals surface area contributed by atoms with Crippen molar-refractivity contribution in [3.8, 4) is 0 Å². The topological polar surface area (TPSA) is 29.1 Å². The molecule has 1 aliphatic rings. The molecule has 0 radical (unpaired) electrons. The zero-order valence-corrected chi connectivity index (χ0v) is 11.5. The van der Waals surface area contributed by atoms with Gasteiger partial charge in [-0.25, -0.2) is 8.78 Å². The summed E-state index contributed by atoms with van der Waals surface area (Å²) in [6.07, 6.45) is 2.08. The van der Waals surface area contributed by atoms with Crippen LogP contribution < -0.4 is 5.32 Å². The largest absolute Gasteiger partial charge is 0.385 e. The highest BCUT2D eigenvalue weighted by molar-refractivity contribution is 5.98. The normalized spacial score (nSPS) is 13.4. The smallest absolute Gasteiger partial charge is 0.167 e. The van der Waals surface area contributed by atoms with Crippen molar-refractivity contribution in [2.45, 2.75) is 19.3 Å². The first-order valence-electron chi connectivity index (χ1n) is 6.97. The second-order valence-corrected chi connectivity index (χ2v) is 5.25. The van der Waals surface area contributed by atoms with Crippen LogP contribution >= 0.6 is 0 Å². The molecule has 0 aliphatic carbocycles. The van der Waals surface area contributed by atoms with Gasteiger partial charge >= 0.3 is 0 Å². The van der Waals surface area contributed by atoms with E-state index in [0.717, 1.165) is 42.8 Å². The fourth-order valence-corrected chi connectivity index (χ4v) is 2.59. The zero-order valence-electron chi connectivity index (χ0n) is 11.5. The molecule has 0 saturated carbocycles. The van der Waals surface area contributed by atoms with Gasteiger partial charge in [-0.1, -0.05) is 6.07 Å². The monoisotopic (exact) mass is 287 g/mol. The first-order valence-corrected chi connectivity index (χ1v) is 6.97. The summed E-state index contributed by atoms with van der Waals surface area (Å²) >= 11 is 0. The van der Waals surface area contributed by atoms with Gasteiger partial charge in [-0.15, -0.1) is 0 Å². The van der Waals surface area contributed by atoms with Gasteiger partial charge < -0.3 is 5.32 Å². The minimum Gasteiger partial charge on any atom is -0.385 e. The summed E-state index contributed by atoms with van der Waals surface area (Å²) in [5.41, 5.74) is 3.31. The number of benzene rings is 2. The third-order valence-corrected chi connectivity index (χ3v) is 3.71. The summed E-state index contributed by atoms with van der Waals surface area (Å²) in [5, 5.41) is 3.29. The van der Waals surface area contributed by atoms with Crippen LogP contribution in [-0.4, -0.2) is 12.3 Å². The number of carbonyl (C=O) groups is 1. The standard InChI is InChI=1S/C17H15F2NO/c18-14-5-3-11(8-15(14)19)9-17(21)13-4-6-16-12(10-13)2-1-7-20-16/h3-6,8,10,20H,1-2,7,9H2. The zero-order chi connectivity index (χ0) is 14.8. The average molecular weight is 287 g/mol. The third kappa shape index (κ3) is 2.94. The second-order valence-electron chi connectivity index (χ2n) is 5.25. The van der Waals surface area contributed by atoms with Crippen LogP contribution in [0, 0.1) is 11.6 Å². The predicted octanol–water partition coefficient (Wildman–Crippen LogP) is 3.75. The lowest BCUT2D eigenvalue weighted by Crippen LogP contribution is -2.13. The van der Waals surface area contributed by atoms with E-state index in [4.69, 9.17) is 0 Å². The van der Waals surface area contributed by atoms with Gasteiger partial charge in [0.15, 0.2) is 17.4 Å². The van der Waals surface area contributed by atoms with Gasteiger partial charge in [0.25, 0.3) is 0 Å². The number of rotatable bonds is 3. The summed E-state index contributed by atoms with van der Waals surface area (Å²) in [6, 6.07) is 9.15. The molecule has 4 heteroatoms. The molecule has 0 saturated heterocycles. The highest BCUT2D eigenvalue weighted by Crippen LogP contribution is 2.23. The van der Waals surface area contributed by atoms with Crippen molar-refractivity contribution in [3.63, 3.8) is 0 Å². The SMILES string of the molecule is O=C(Cc1ccc(F)c(F)c1)c1ccc2c(c1)CCCN2. The van der Waals surface area contributed by atoms with Crippen LogP contribution in [-0.2, 0) is 12.8 Å². The second kappa shape index (κ2) is 5.64. The van der Waals surface area contributed by atoms with Crippen molar-refractivity contribution in [2.24, 2.45) is 0 Å². The summed E-state index contributed by atoms with van der Waals surface area (Å²) in [7, 11) is 0. The lowest BCUT2D eigenvalue weighted by atomic mass is 9.97. The number of ketones is 1. The molecule has 2 aromatic rings. The Hall–Kier alpha value is -2.23. The van der Waals surface area contributed by atoms with Gasteiger partial charge in [-0.2, -0.15) is 0 Å². The Bertz CT molecular complexity index is 697. The molecule has 1 N–H and O–H groups in total.